The fourth-order valence-corrected chi connectivity index (χ4v) is 3.00. The van der Waals surface area contributed by atoms with E-state index in [4.69, 9.17) is 4.74 Å². The third-order valence-corrected chi connectivity index (χ3v) is 4.49. The summed E-state index contributed by atoms with van der Waals surface area (Å²) < 4.78 is 6.91. The number of benzene rings is 2. The molecule has 1 heterocycles. The van der Waals surface area contributed by atoms with Gasteiger partial charge in [-0.2, -0.15) is 5.10 Å². The van der Waals surface area contributed by atoms with E-state index in [0.717, 1.165) is 0 Å². The molecule has 0 aliphatic rings. The highest BCUT2D eigenvalue weighted by Crippen LogP contribution is 2.15. The zero-order chi connectivity index (χ0) is 22.4. The van der Waals surface area contributed by atoms with Gasteiger partial charge in [-0.05, 0) is 36.6 Å². The zero-order valence-electron chi connectivity index (χ0n) is 17.8. The molecule has 0 bridgehead atoms. The first kappa shape index (κ1) is 22.0. The summed E-state index contributed by atoms with van der Waals surface area (Å²) in [6.45, 7) is 6.91. The van der Waals surface area contributed by atoms with Crippen LogP contribution in [0.25, 0.3) is 10.8 Å². The number of hydrogen-bond acceptors (Lipinski definition) is 5. The Morgan fingerprint density at radius 2 is 1.74 bits per heavy atom. The van der Waals surface area contributed by atoms with Crippen molar-refractivity contribution in [3.63, 3.8) is 0 Å². The van der Waals surface area contributed by atoms with E-state index in [9.17, 15) is 14.4 Å². The third-order valence-electron chi connectivity index (χ3n) is 4.49. The number of rotatable bonds is 7. The standard InChI is InChI=1S/C23H26N4O4/c1-4-12-27-23(30)19-11-6-5-10-18(19)20(26-27)22(29)25-24-21(28)16-8-7-9-17(13-16)31-14-15(2)3/h5-11,13,15H,4,12,14H2,1-3H3,(H,24,28)(H,25,29). The van der Waals surface area contributed by atoms with Crippen LogP contribution in [0, 0.1) is 5.92 Å². The Balaban J connectivity index is 1.77. The van der Waals surface area contributed by atoms with E-state index in [1.807, 2.05) is 20.8 Å². The number of carbonyl (C=O) groups is 2. The predicted octanol–water partition coefficient (Wildman–Crippen LogP) is 2.92. The molecule has 162 valence electrons. The van der Waals surface area contributed by atoms with E-state index in [-0.39, 0.29) is 11.3 Å². The van der Waals surface area contributed by atoms with Crippen molar-refractivity contribution >= 4 is 22.6 Å². The van der Waals surface area contributed by atoms with Crippen LogP contribution in [0.3, 0.4) is 0 Å². The molecule has 2 aromatic carbocycles. The minimum Gasteiger partial charge on any atom is -0.493 e. The second-order valence-corrected chi connectivity index (χ2v) is 7.56. The number of nitrogens with zero attached hydrogens (tertiary/aromatic N) is 2. The Morgan fingerprint density at radius 3 is 2.45 bits per heavy atom. The summed E-state index contributed by atoms with van der Waals surface area (Å²) in [5.41, 5.74) is 4.95. The molecule has 0 fully saturated rings. The average Bonchev–Trinajstić information content (AvgIpc) is 2.78. The molecule has 0 saturated heterocycles. The molecular formula is C23H26N4O4. The van der Waals surface area contributed by atoms with Crippen molar-refractivity contribution in [1.29, 1.82) is 0 Å². The lowest BCUT2D eigenvalue weighted by atomic mass is 10.1. The number of hydrogen-bond donors (Lipinski definition) is 2. The summed E-state index contributed by atoms with van der Waals surface area (Å²) in [6.07, 6.45) is 0.693. The van der Waals surface area contributed by atoms with E-state index >= 15 is 0 Å². The molecule has 3 aromatic rings. The number of amides is 2. The molecular weight excluding hydrogens is 396 g/mol. The molecule has 0 atom stereocenters. The van der Waals surface area contributed by atoms with Gasteiger partial charge in [-0.25, -0.2) is 4.68 Å². The molecule has 0 unspecified atom stereocenters. The number of ether oxygens (including phenoxy) is 1. The number of aromatic nitrogens is 2. The van der Waals surface area contributed by atoms with Crippen molar-refractivity contribution in [2.75, 3.05) is 6.61 Å². The Labute approximate surface area is 180 Å². The second kappa shape index (κ2) is 9.88. The first-order chi connectivity index (χ1) is 14.9. The minimum atomic E-state index is -0.610. The lowest BCUT2D eigenvalue weighted by Gasteiger charge is -2.12. The van der Waals surface area contributed by atoms with E-state index in [1.54, 1.807) is 48.5 Å². The molecule has 8 nitrogen and oxygen atoms in total. The Hall–Kier alpha value is -3.68. The fourth-order valence-electron chi connectivity index (χ4n) is 3.00. The van der Waals surface area contributed by atoms with Crippen LogP contribution in [0.1, 0.15) is 48.0 Å². The monoisotopic (exact) mass is 422 g/mol. The normalized spacial score (nSPS) is 10.8. The van der Waals surface area contributed by atoms with Crippen molar-refractivity contribution in [3.8, 4) is 5.75 Å². The summed E-state index contributed by atoms with van der Waals surface area (Å²) >= 11 is 0. The topological polar surface area (TPSA) is 102 Å². The van der Waals surface area contributed by atoms with Gasteiger partial charge in [0.2, 0.25) is 0 Å². The van der Waals surface area contributed by atoms with Gasteiger partial charge in [0.05, 0.1) is 12.0 Å². The molecule has 2 N–H and O–H groups in total. The van der Waals surface area contributed by atoms with E-state index < -0.39 is 11.8 Å². The summed E-state index contributed by atoms with van der Waals surface area (Å²) in [5.74, 6) is -0.168. The number of nitrogens with one attached hydrogen (secondary N) is 2. The highest BCUT2D eigenvalue weighted by Gasteiger charge is 2.17. The summed E-state index contributed by atoms with van der Waals surface area (Å²) in [5, 5.41) is 5.04. The van der Waals surface area contributed by atoms with Gasteiger partial charge in [-0.15, -0.1) is 0 Å². The van der Waals surface area contributed by atoms with Crippen LogP contribution in [0.5, 0.6) is 5.75 Å². The summed E-state index contributed by atoms with van der Waals surface area (Å²) in [7, 11) is 0. The molecule has 3 rings (SSSR count). The number of hydrazine groups is 1. The molecule has 0 aliphatic heterocycles. The van der Waals surface area contributed by atoms with Gasteiger partial charge in [-0.3, -0.25) is 25.2 Å². The van der Waals surface area contributed by atoms with Crippen LogP contribution in [0.4, 0.5) is 0 Å². The van der Waals surface area contributed by atoms with Crippen molar-refractivity contribution in [1.82, 2.24) is 20.6 Å². The van der Waals surface area contributed by atoms with E-state index in [0.29, 0.717) is 47.6 Å². The maximum atomic E-state index is 12.8. The van der Waals surface area contributed by atoms with Crippen LogP contribution in [0.15, 0.2) is 53.3 Å². The van der Waals surface area contributed by atoms with Crippen LogP contribution in [0.2, 0.25) is 0 Å². The van der Waals surface area contributed by atoms with Gasteiger partial charge in [0.15, 0.2) is 5.69 Å². The average molecular weight is 422 g/mol. The van der Waals surface area contributed by atoms with Crippen LogP contribution in [-0.2, 0) is 6.54 Å². The van der Waals surface area contributed by atoms with Crippen LogP contribution in [-0.4, -0.2) is 28.2 Å². The first-order valence-electron chi connectivity index (χ1n) is 10.2. The maximum Gasteiger partial charge on any atom is 0.290 e. The highest BCUT2D eigenvalue weighted by atomic mass is 16.5. The van der Waals surface area contributed by atoms with E-state index in [2.05, 4.69) is 16.0 Å². The van der Waals surface area contributed by atoms with Crippen LogP contribution < -0.4 is 21.1 Å². The summed E-state index contributed by atoms with van der Waals surface area (Å²) in [4.78, 5) is 37.8. The summed E-state index contributed by atoms with van der Waals surface area (Å²) in [6, 6.07) is 13.5. The smallest absolute Gasteiger partial charge is 0.290 e. The second-order valence-electron chi connectivity index (χ2n) is 7.56. The number of aryl methyl sites for hydroxylation is 1. The van der Waals surface area contributed by atoms with Crippen molar-refractivity contribution in [2.45, 2.75) is 33.7 Å². The van der Waals surface area contributed by atoms with E-state index in [1.165, 1.54) is 4.68 Å². The first-order valence-corrected chi connectivity index (χ1v) is 10.2. The molecule has 0 radical (unpaired) electrons. The minimum absolute atomic E-state index is 0.0676. The van der Waals surface area contributed by atoms with Gasteiger partial charge < -0.3 is 4.74 Å². The molecule has 0 saturated carbocycles. The molecule has 2 amide bonds. The van der Waals surface area contributed by atoms with Gasteiger partial charge >= 0.3 is 0 Å². The molecule has 0 spiro atoms. The van der Waals surface area contributed by atoms with Crippen molar-refractivity contribution in [3.05, 3.63) is 70.1 Å². The lowest BCUT2D eigenvalue weighted by Crippen LogP contribution is -2.42. The Morgan fingerprint density at radius 1 is 1.03 bits per heavy atom. The van der Waals surface area contributed by atoms with Gasteiger partial charge in [0.25, 0.3) is 17.4 Å². The third kappa shape index (κ3) is 5.28. The van der Waals surface area contributed by atoms with Gasteiger partial charge in [0, 0.05) is 17.5 Å². The number of carbonyl (C=O) groups excluding carboxylic acids is 2. The fraction of sp³-hybridized carbons (Fsp3) is 0.304. The van der Waals surface area contributed by atoms with Gasteiger partial charge in [0.1, 0.15) is 5.75 Å². The molecule has 1 aromatic heterocycles. The van der Waals surface area contributed by atoms with Crippen LogP contribution >= 0.6 is 0 Å². The van der Waals surface area contributed by atoms with Crippen molar-refractivity contribution < 1.29 is 14.3 Å². The SMILES string of the molecule is CCCn1nc(C(=O)NNC(=O)c2cccc(OCC(C)C)c2)c2ccccc2c1=O. The largest absolute Gasteiger partial charge is 0.493 e. The number of fused-ring (bicyclic) bond motifs is 1. The predicted molar refractivity (Wildman–Crippen MR) is 118 cm³/mol. The highest BCUT2D eigenvalue weighted by molar-refractivity contribution is 6.06. The Bertz CT molecular complexity index is 1150. The maximum absolute atomic E-state index is 12.8. The molecule has 0 aliphatic carbocycles. The van der Waals surface area contributed by atoms with Crippen molar-refractivity contribution in [2.24, 2.45) is 5.92 Å². The molecule has 8 heteroatoms. The zero-order valence-corrected chi connectivity index (χ0v) is 17.8. The Kier molecular flexibility index (Phi) is 7.02. The quantitative estimate of drug-likeness (QED) is 0.570. The van der Waals surface area contributed by atoms with Gasteiger partial charge in [-0.1, -0.05) is 45.0 Å². The molecule has 31 heavy (non-hydrogen) atoms. The lowest BCUT2D eigenvalue weighted by molar-refractivity contribution is 0.0843.